The van der Waals surface area contributed by atoms with Gasteiger partial charge in [-0.25, -0.2) is 0 Å². The Hall–Kier alpha value is -0.700. The van der Waals surface area contributed by atoms with Crippen LogP contribution in [0.2, 0.25) is 0 Å². The molecule has 0 saturated heterocycles. The summed E-state index contributed by atoms with van der Waals surface area (Å²) in [5.74, 6) is 0.413. The van der Waals surface area contributed by atoms with Crippen molar-refractivity contribution < 1.29 is 13.5 Å². The zero-order valence-electron chi connectivity index (χ0n) is 8.59. The number of hydrogen-bond donors (Lipinski definition) is 0. The highest BCUT2D eigenvalue weighted by Crippen LogP contribution is 2.34. The molecule has 3 heteroatoms. The monoisotopic (exact) mass is 202 g/mol. The van der Waals surface area contributed by atoms with E-state index in [0.29, 0.717) is 18.8 Å². The summed E-state index contributed by atoms with van der Waals surface area (Å²) in [4.78, 5) is 0. The van der Waals surface area contributed by atoms with E-state index in [0.717, 1.165) is 13.5 Å². The van der Waals surface area contributed by atoms with Crippen LogP contribution in [-0.2, 0) is 4.74 Å². The van der Waals surface area contributed by atoms with Gasteiger partial charge in [-0.15, -0.1) is 0 Å². The Labute approximate surface area is 83.4 Å². The SMILES string of the molecule is CC=CC1CC=C(C(F)(F)OC)CC1. The van der Waals surface area contributed by atoms with Crippen LogP contribution < -0.4 is 0 Å². The Morgan fingerprint density at radius 3 is 2.71 bits per heavy atom. The predicted octanol–water partition coefficient (Wildman–Crippen LogP) is 3.53. The van der Waals surface area contributed by atoms with Crippen LogP contribution in [0.4, 0.5) is 8.78 Å². The average Bonchev–Trinajstić information content (AvgIpc) is 2.19. The van der Waals surface area contributed by atoms with Gasteiger partial charge in [-0.2, -0.15) is 8.78 Å². The molecule has 80 valence electrons. The first-order chi connectivity index (χ1) is 6.60. The van der Waals surface area contributed by atoms with E-state index in [1.807, 2.05) is 13.0 Å². The minimum Gasteiger partial charge on any atom is -0.320 e. The fourth-order valence-corrected chi connectivity index (χ4v) is 1.70. The molecule has 1 aliphatic rings. The molecule has 1 unspecified atom stereocenters. The Morgan fingerprint density at radius 2 is 2.29 bits per heavy atom. The van der Waals surface area contributed by atoms with E-state index >= 15 is 0 Å². The lowest BCUT2D eigenvalue weighted by Crippen LogP contribution is -2.24. The molecule has 0 aromatic carbocycles. The third-order valence-electron chi connectivity index (χ3n) is 2.55. The Morgan fingerprint density at radius 1 is 1.57 bits per heavy atom. The van der Waals surface area contributed by atoms with E-state index < -0.39 is 6.11 Å². The van der Waals surface area contributed by atoms with Gasteiger partial charge in [0, 0.05) is 12.7 Å². The van der Waals surface area contributed by atoms with Crippen molar-refractivity contribution in [3.8, 4) is 0 Å². The largest absolute Gasteiger partial charge is 0.379 e. The van der Waals surface area contributed by atoms with Gasteiger partial charge in [0.05, 0.1) is 0 Å². The average molecular weight is 202 g/mol. The van der Waals surface area contributed by atoms with Gasteiger partial charge in [0.1, 0.15) is 0 Å². The molecular weight excluding hydrogens is 186 g/mol. The number of alkyl halides is 2. The smallest absolute Gasteiger partial charge is 0.320 e. The topological polar surface area (TPSA) is 9.23 Å². The summed E-state index contributed by atoms with van der Waals surface area (Å²) in [6.07, 6.45) is 4.48. The number of methoxy groups -OCH3 is 1. The maximum absolute atomic E-state index is 13.0. The molecule has 0 amide bonds. The third kappa shape index (κ3) is 2.64. The normalized spacial score (nSPS) is 24.0. The van der Waals surface area contributed by atoms with Crippen molar-refractivity contribution in [3.05, 3.63) is 23.8 Å². The zero-order valence-corrected chi connectivity index (χ0v) is 8.59. The second-order valence-electron chi connectivity index (χ2n) is 3.51. The van der Waals surface area contributed by atoms with Gasteiger partial charge in [0.2, 0.25) is 0 Å². The van der Waals surface area contributed by atoms with Crippen molar-refractivity contribution in [1.82, 2.24) is 0 Å². The van der Waals surface area contributed by atoms with E-state index in [-0.39, 0.29) is 5.57 Å². The summed E-state index contributed by atoms with van der Waals surface area (Å²) in [6, 6.07) is 0. The standard InChI is InChI=1S/C11H16F2O/c1-3-4-9-5-7-10(8-6-9)11(12,13)14-2/h3-4,7,9H,5-6,8H2,1-2H3. The summed E-state index contributed by atoms with van der Waals surface area (Å²) in [5, 5.41) is 0. The highest BCUT2D eigenvalue weighted by Gasteiger charge is 2.35. The van der Waals surface area contributed by atoms with E-state index in [9.17, 15) is 8.78 Å². The molecule has 1 aliphatic carbocycles. The van der Waals surface area contributed by atoms with Gasteiger partial charge in [-0.05, 0) is 32.1 Å². The van der Waals surface area contributed by atoms with Gasteiger partial charge >= 0.3 is 6.11 Å². The van der Waals surface area contributed by atoms with Gasteiger partial charge < -0.3 is 4.74 Å². The number of halogens is 2. The van der Waals surface area contributed by atoms with E-state index in [2.05, 4.69) is 10.8 Å². The molecule has 0 N–H and O–H groups in total. The fraction of sp³-hybridized carbons (Fsp3) is 0.636. The highest BCUT2D eigenvalue weighted by atomic mass is 19.3. The van der Waals surface area contributed by atoms with Crippen LogP contribution in [0.3, 0.4) is 0 Å². The molecule has 0 saturated carbocycles. The van der Waals surface area contributed by atoms with Gasteiger partial charge in [0.25, 0.3) is 0 Å². The molecule has 0 aliphatic heterocycles. The molecule has 0 bridgehead atoms. The van der Waals surface area contributed by atoms with Crippen molar-refractivity contribution in [3.63, 3.8) is 0 Å². The predicted molar refractivity (Wildman–Crippen MR) is 52.2 cm³/mol. The minimum atomic E-state index is -3.07. The number of ether oxygens (including phenoxy) is 1. The molecule has 0 fully saturated rings. The lowest BCUT2D eigenvalue weighted by molar-refractivity contribution is -0.192. The lowest BCUT2D eigenvalue weighted by Gasteiger charge is -2.24. The number of hydrogen-bond acceptors (Lipinski definition) is 1. The summed E-state index contributed by atoms with van der Waals surface area (Å²) in [7, 11) is 1.04. The van der Waals surface area contributed by atoms with Crippen LogP contribution in [0.5, 0.6) is 0 Å². The summed E-state index contributed by atoms with van der Waals surface area (Å²) in [5.41, 5.74) is 0.126. The minimum absolute atomic E-state index is 0.126. The quantitative estimate of drug-likeness (QED) is 0.636. The second kappa shape index (κ2) is 4.69. The van der Waals surface area contributed by atoms with E-state index in [1.54, 1.807) is 6.08 Å². The first-order valence-electron chi connectivity index (χ1n) is 4.85. The maximum Gasteiger partial charge on any atom is 0.379 e. The van der Waals surface area contributed by atoms with Crippen LogP contribution in [0.25, 0.3) is 0 Å². The molecule has 14 heavy (non-hydrogen) atoms. The lowest BCUT2D eigenvalue weighted by atomic mass is 9.89. The molecule has 0 aromatic rings. The molecule has 0 radical (unpaired) electrons. The molecule has 0 aromatic heterocycles. The highest BCUT2D eigenvalue weighted by molar-refractivity contribution is 5.14. The van der Waals surface area contributed by atoms with Crippen LogP contribution in [0.1, 0.15) is 26.2 Å². The summed E-state index contributed by atoms with van der Waals surface area (Å²) < 4.78 is 30.2. The molecule has 1 rings (SSSR count). The maximum atomic E-state index is 13.0. The molecular formula is C11H16F2O. The Bertz CT molecular complexity index is 244. The molecule has 0 spiro atoms. The van der Waals surface area contributed by atoms with E-state index in [4.69, 9.17) is 0 Å². The van der Waals surface area contributed by atoms with Gasteiger partial charge in [-0.3, -0.25) is 0 Å². The Balaban J connectivity index is 2.61. The zero-order chi connectivity index (χ0) is 10.6. The van der Waals surface area contributed by atoms with Gasteiger partial charge in [0.15, 0.2) is 0 Å². The molecule has 1 atom stereocenters. The number of rotatable bonds is 3. The van der Waals surface area contributed by atoms with Crippen molar-refractivity contribution in [2.24, 2.45) is 5.92 Å². The molecule has 1 nitrogen and oxygen atoms in total. The van der Waals surface area contributed by atoms with Crippen LogP contribution in [-0.4, -0.2) is 13.2 Å². The first kappa shape index (κ1) is 11.4. The van der Waals surface area contributed by atoms with E-state index in [1.165, 1.54) is 0 Å². The van der Waals surface area contributed by atoms with Crippen molar-refractivity contribution in [2.45, 2.75) is 32.3 Å². The molecule has 0 heterocycles. The number of allylic oxidation sites excluding steroid dienone is 3. The second-order valence-corrected chi connectivity index (χ2v) is 3.51. The Kier molecular flexibility index (Phi) is 3.81. The fourth-order valence-electron chi connectivity index (χ4n) is 1.70. The van der Waals surface area contributed by atoms with Crippen molar-refractivity contribution in [2.75, 3.05) is 7.11 Å². The first-order valence-corrected chi connectivity index (χ1v) is 4.85. The third-order valence-corrected chi connectivity index (χ3v) is 2.55. The summed E-state index contributed by atoms with van der Waals surface area (Å²) in [6.45, 7) is 1.95. The van der Waals surface area contributed by atoms with Gasteiger partial charge in [-0.1, -0.05) is 18.2 Å². The van der Waals surface area contributed by atoms with Crippen LogP contribution >= 0.6 is 0 Å². The van der Waals surface area contributed by atoms with Crippen molar-refractivity contribution in [1.29, 1.82) is 0 Å². The summed E-state index contributed by atoms with van der Waals surface area (Å²) >= 11 is 0. The van der Waals surface area contributed by atoms with Crippen LogP contribution in [0, 0.1) is 5.92 Å². The van der Waals surface area contributed by atoms with Crippen LogP contribution in [0.15, 0.2) is 23.8 Å². The van der Waals surface area contributed by atoms with Crippen molar-refractivity contribution >= 4 is 0 Å².